The Morgan fingerprint density at radius 3 is 2.54 bits per heavy atom. The van der Waals surface area contributed by atoms with Crippen LogP contribution >= 0.6 is 0 Å². The molecule has 0 radical (unpaired) electrons. The molecule has 0 aromatic carbocycles. The molecule has 2 saturated heterocycles. The van der Waals surface area contributed by atoms with Gasteiger partial charge in [0.1, 0.15) is 11.5 Å². The number of nitrogens with zero attached hydrogens (tertiary/aromatic N) is 9. The molecule has 0 N–H and O–H groups in total. The van der Waals surface area contributed by atoms with Gasteiger partial charge in [0.25, 0.3) is 5.78 Å². The van der Waals surface area contributed by atoms with Crippen molar-refractivity contribution in [2.75, 3.05) is 44.3 Å². The third kappa shape index (κ3) is 5.03. The van der Waals surface area contributed by atoms with Crippen molar-refractivity contribution in [1.29, 1.82) is 0 Å². The van der Waals surface area contributed by atoms with Gasteiger partial charge in [0.05, 0.1) is 36.5 Å². The maximum atomic E-state index is 5.42. The SMILES string of the molecule is Cc1nc2nc(C)c(C[C@@H]3CCN(c4ccc(-c5ccc(CN6CCOCC6)nn5)nc4)C3)c(C)n2n1. The van der Waals surface area contributed by atoms with Gasteiger partial charge in [0.15, 0.2) is 0 Å². The molecule has 37 heavy (non-hydrogen) atoms. The monoisotopic (exact) mass is 499 g/mol. The fourth-order valence-corrected chi connectivity index (χ4v) is 5.42. The van der Waals surface area contributed by atoms with E-state index >= 15 is 0 Å². The predicted molar refractivity (Wildman–Crippen MR) is 140 cm³/mol. The summed E-state index contributed by atoms with van der Waals surface area (Å²) in [5.41, 5.74) is 7.26. The van der Waals surface area contributed by atoms with Crippen molar-refractivity contribution in [3.63, 3.8) is 0 Å². The van der Waals surface area contributed by atoms with Gasteiger partial charge in [-0.1, -0.05) is 0 Å². The van der Waals surface area contributed by atoms with E-state index in [4.69, 9.17) is 14.7 Å². The second-order valence-electron chi connectivity index (χ2n) is 10.1. The minimum atomic E-state index is 0.561. The smallest absolute Gasteiger partial charge is 0.252 e. The van der Waals surface area contributed by atoms with Gasteiger partial charge in [-0.05, 0) is 69.4 Å². The number of hydrogen-bond donors (Lipinski definition) is 0. The molecule has 0 amide bonds. The summed E-state index contributed by atoms with van der Waals surface area (Å²) in [6, 6.07) is 8.27. The summed E-state index contributed by atoms with van der Waals surface area (Å²) in [6.07, 6.45) is 4.10. The molecule has 4 aromatic heterocycles. The van der Waals surface area contributed by atoms with E-state index in [2.05, 4.69) is 56.1 Å². The maximum absolute atomic E-state index is 5.42. The van der Waals surface area contributed by atoms with Crippen LogP contribution in [-0.2, 0) is 17.7 Å². The van der Waals surface area contributed by atoms with Gasteiger partial charge in [-0.15, -0.1) is 5.10 Å². The van der Waals surface area contributed by atoms with Crippen LogP contribution in [0.4, 0.5) is 5.69 Å². The van der Waals surface area contributed by atoms with Gasteiger partial charge in [0, 0.05) is 44.1 Å². The number of aromatic nitrogens is 7. The lowest BCUT2D eigenvalue weighted by atomic mass is 9.96. The number of anilines is 1. The highest BCUT2D eigenvalue weighted by molar-refractivity contribution is 5.57. The third-order valence-electron chi connectivity index (χ3n) is 7.52. The lowest BCUT2D eigenvalue weighted by Crippen LogP contribution is -2.35. The number of fused-ring (bicyclic) bond motifs is 1. The Hall–Kier alpha value is -3.50. The van der Waals surface area contributed by atoms with Crippen molar-refractivity contribution in [3.8, 4) is 11.4 Å². The molecule has 0 spiro atoms. The molecule has 10 heteroatoms. The van der Waals surface area contributed by atoms with Crippen molar-refractivity contribution in [2.24, 2.45) is 5.92 Å². The third-order valence-corrected chi connectivity index (χ3v) is 7.52. The van der Waals surface area contributed by atoms with Crippen LogP contribution in [-0.4, -0.2) is 79.1 Å². The van der Waals surface area contributed by atoms with Crippen LogP contribution in [0.25, 0.3) is 17.2 Å². The molecule has 192 valence electrons. The highest BCUT2D eigenvalue weighted by Crippen LogP contribution is 2.28. The molecule has 1 atom stereocenters. The van der Waals surface area contributed by atoms with Crippen LogP contribution in [0.3, 0.4) is 0 Å². The van der Waals surface area contributed by atoms with E-state index in [9.17, 15) is 0 Å². The second-order valence-corrected chi connectivity index (χ2v) is 10.1. The summed E-state index contributed by atoms with van der Waals surface area (Å²) in [5.74, 6) is 2.00. The van der Waals surface area contributed by atoms with E-state index in [1.807, 2.05) is 29.8 Å². The first-order valence-electron chi connectivity index (χ1n) is 13.1. The van der Waals surface area contributed by atoms with Gasteiger partial charge in [-0.2, -0.15) is 15.2 Å². The Kier molecular flexibility index (Phi) is 6.52. The first kappa shape index (κ1) is 23.9. The molecule has 0 saturated carbocycles. The molecule has 6 rings (SSSR count). The number of ether oxygens (including phenoxy) is 1. The van der Waals surface area contributed by atoms with Crippen LogP contribution in [0, 0.1) is 26.7 Å². The van der Waals surface area contributed by atoms with Crippen molar-refractivity contribution >= 4 is 11.5 Å². The van der Waals surface area contributed by atoms with Gasteiger partial charge in [-0.3, -0.25) is 9.88 Å². The van der Waals surface area contributed by atoms with Gasteiger partial charge < -0.3 is 9.64 Å². The van der Waals surface area contributed by atoms with Crippen molar-refractivity contribution < 1.29 is 4.74 Å². The fourth-order valence-electron chi connectivity index (χ4n) is 5.42. The Morgan fingerprint density at radius 1 is 0.946 bits per heavy atom. The Labute approximate surface area is 216 Å². The molecule has 6 heterocycles. The van der Waals surface area contributed by atoms with E-state index in [0.717, 1.165) is 98.8 Å². The first-order valence-corrected chi connectivity index (χ1v) is 13.1. The summed E-state index contributed by atoms with van der Waals surface area (Å²) < 4.78 is 7.30. The summed E-state index contributed by atoms with van der Waals surface area (Å²) in [7, 11) is 0. The fraction of sp³-hybridized carbons (Fsp3) is 0.481. The van der Waals surface area contributed by atoms with Crippen LogP contribution < -0.4 is 4.90 Å². The summed E-state index contributed by atoms with van der Waals surface area (Å²) >= 11 is 0. The normalized spacial score (nSPS) is 18.7. The molecule has 2 fully saturated rings. The number of morpholine rings is 1. The van der Waals surface area contributed by atoms with Crippen LogP contribution in [0.15, 0.2) is 30.5 Å². The Balaban J connectivity index is 1.09. The molecule has 0 aliphatic carbocycles. The van der Waals surface area contributed by atoms with E-state index in [1.165, 1.54) is 5.56 Å². The van der Waals surface area contributed by atoms with Crippen molar-refractivity contribution in [3.05, 3.63) is 58.9 Å². The van der Waals surface area contributed by atoms with Crippen molar-refractivity contribution in [2.45, 2.75) is 40.2 Å². The number of pyridine rings is 1. The largest absolute Gasteiger partial charge is 0.379 e. The summed E-state index contributed by atoms with van der Waals surface area (Å²) in [6.45, 7) is 12.4. The quantitative estimate of drug-likeness (QED) is 0.397. The standard InChI is InChI=1S/C27H33N9O/c1-18-24(19(2)36-27(29-18)30-20(3)33-36)14-21-8-9-35(16-21)23-5-7-25(28-15-23)26-6-4-22(31-32-26)17-34-10-12-37-13-11-34/h4-7,15,21H,8-14,16-17H2,1-3H3/t21-/m0/s1. The lowest BCUT2D eigenvalue weighted by Gasteiger charge is -2.25. The van der Waals surface area contributed by atoms with E-state index in [0.29, 0.717) is 11.7 Å². The zero-order valence-corrected chi connectivity index (χ0v) is 21.8. The average molecular weight is 500 g/mol. The molecule has 0 unspecified atom stereocenters. The number of rotatable bonds is 6. The van der Waals surface area contributed by atoms with Gasteiger partial charge in [0.2, 0.25) is 0 Å². The van der Waals surface area contributed by atoms with E-state index < -0.39 is 0 Å². The summed E-state index contributed by atoms with van der Waals surface area (Å²) in [4.78, 5) is 18.6. The van der Waals surface area contributed by atoms with E-state index in [-0.39, 0.29) is 0 Å². The maximum Gasteiger partial charge on any atom is 0.252 e. The Bertz CT molecular complexity index is 1380. The predicted octanol–water partition coefficient (Wildman–Crippen LogP) is 2.80. The minimum Gasteiger partial charge on any atom is -0.379 e. The molecule has 2 aliphatic rings. The first-order chi connectivity index (χ1) is 18.0. The van der Waals surface area contributed by atoms with Gasteiger partial charge >= 0.3 is 0 Å². The topological polar surface area (TPSA) is 97.5 Å². The van der Waals surface area contributed by atoms with Gasteiger partial charge in [-0.25, -0.2) is 9.50 Å². The summed E-state index contributed by atoms with van der Waals surface area (Å²) in [5, 5.41) is 13.4. The highest BCUT2D eigenvalue weighted by Gasteiger charge is 2.25. The number of hydrogen-bond acceptors (Lipinski definition) is 9. The molecule has 10 nitrogen and oxygen atoms in total. The van der Waals surface area contributed by atoms with Crippen LogP contribution in [0.1, 0.15) is 34.9 Å². The van der Waals surface area contributed by atoms with E-state index in [1.54, 1.807) is 0 Å². The average Bonchev–Trinajstić information content (AvgIpc) is 3.54. The molecule has 4 aromatic rings. The second kappa shape index (κ2) is 10.1. The molecule has 2 aliphatic heterocycles. The zero-order valence-electron chi connectivity index (χ0n) is 21.8. The van der Waals surface area contributed by atoms with Crippen LogP contribution in [0.5, 0.6) is 0 Å². The molecular weight excluding hydrogens is 466 g/mol. The van der Waals surface area contributed by atoms with Crippen LogP contribution in [0.2, 0.25) is 0 Å². The Morgan fingerprint density at radius 2 is 1.78 bits per heavy atom. The molecule has 0 bridgehead atoms. The molecular formula is C27H33N9O. The highest BCUT2D eigenvalue weighted by atomic mass is 16.5. The zero-order chi connectivity index (χ0) is 25.4. The minimum absolute atomic E-state index is 0.561. The number of aryl methyl sites for hydroxylation is 3. The van der Waals surface area contributed by atoms with Crippen molar-refractivity contribution in [1.82, 2.24) is 39.7 Å². The lowest BCUT2D eigenvalue weighted by molar-refractivity contribution is 0.0335.